The van der Waals surface area contributed by atoms with Gasteiger partial charge in [-0.05, 0) is 43.0 Å². The van der Waals surface area contributed by atoms with Crippen LogP contribution < -0.4 is 5.32 Å². The summed E-state index contributed by atoms with van der Waals surface area (Å²) in [5.41, 5.74) is 4.84. The van der Waals surface area contributed by atoms with Crippen molar-refractivity contribution in [1.82, 2.24) is 35.0 Å². The molecule has 1 amide bonds. The molecule has 0 unspecified atom stereocenters. The summed E-state index contributed by atoms with van der Waals surface area (Å²) in [5, 5.41) is 15.8. The van der Waals surface area contributed by atoms with E-state index in [0.717, 1.165) is 62.2 Å². The number of amides is 1. The molecule has 8 heteroatoms. The zero-order valence-electron chi connectivity index (χ0n) is 15.4. The second-order valence-corrected chi connectivity index (χ2v) is 7.59. The molecule has 2 aromatic heterocycles. The highest BCUT2D eigenvalue weighted by Crippen LogP contribution is 2.21. The van der Waals surface area contributed by atoms with Gasteiger partial charge in [-0.1, -0.05) is 11.3 Å². The minimum absolute atomic E-state index is 0.0438. The smallest absolute Gasteiger partial charge is 0.272 e. The molecule has 1 N–H and O–H groups in total. The van der Waals surface area contributed by atoms with Crippen molar-refractivity contribution < 1.29 is 4.79 Å². The van der Waals surface area contributed by atoms with Gasteiger partial charge in [-0.25, -0.2) is 4.68 Å². The molecule has 0 radical (unpaired) electrons. The number of fused-ring (bicyclic) bond motifs is 2. The molecule has 0 saturated heterocycles. The maximum atomic E-state index is 12.3. The summed E-state index contributed by atoms with van der Waals surface area (Å²) in [6, 6.07) is 8.63. The predicted octanol–water partition coefficient (Wildman–Crippen LogP) is 1.46. The monoisotopic (exact) mass is 365 g/mol. The average molecular weight is 365 g/mol. The number of rotatable bonds is 4. The fourth-order valence-electron chi connectivity index (χ4n) is 3.70. The van der Waals surface area contributed by atoms with Gasteiger partial charge in [-0.2, -0.15) is 5.10 Å². The van der Waals surface area contributed by atoms with Crippen molar-refractivity contribution in [3.05, 3.63) is 41.2 Å². The van der Waals surface area contributed by atoms with E-state index in [1.54, 1.807) is 4.68 Å². The van der Waals surface area contributed by atoms with Crippen LogP contribution in [0.1, 0.15) is 41.0 Å². The first kappa shape index (κ1) is 16.4. The van der Waals surface area contributed by atoms with Gasteiger partial charge in [-0.3, -0.25) is 14.4 Å². The van der Waals surface area contributed by atoms with Gasteiger partial charge >= 0.3 is 0 Å². The molecule has 8 nitrogen and oxygen atoms in total. The van der Waals surface area contributed by atoms with Crippen molar-refractivity contribution in [2.45, 2.75) is 44.9 Å². The third kappa shape index (κ3) is 3.32. The lowest BCUT2D eigenvalue weighted by Crippen LogP contribution is -2.26. The number of carbonyl (C=O) groups excluding carboxylic acids is 1. The largest absolute Gasteiger partial charge is 0.348 e. The Labute approximate surface area is 157 Å². The Hall–Kier alpha value is -2.74. The van der Waals surface area contributed by atoms with E-state index in [4.69, 9.17) is 0 Å². The third-order valence-corrected chi connectivity index (χ3v) is 5.32. The quantitative estimate of drug-likeness (QED) is 0.757. The number of aromatic nitrogens is 5. The first-order valence-corrected chi connectivity index (χ1v) is 9.54. The van der Waals surface area contributed by atoms with Gasteiger partial charge in [0.2, 0.25) is 0 Å². The van der Waals surface area contributed by atoms with Crippen molar-refractivity contribution in [3.8, 4) is 0 Å². The van der Waals surface area contributed by atoms with Crippen LogP contribution in [0.15, 0.2) is 24.3 Å². The lowest BCUT2D eigenvalue weighted by atomic mass is 10.1. The predicted molar refractivity (Wildman–Crippen MR) is 100.0 cm³/mol. The van der Waals surface area contributed by atoms with Crippen LogP contribution in [-0.4, -0.2) is 48.2 Å². The second-order valence-electron chi connectivity index (χ2n) is 7.59. The van der Waals surface area contributed by atoms with E-state index >= 15 is 0 Å². The number of nitrogens with zero attached hydrogens (tertiary/aromatic N) is 6. The Morgan fingerprint density at radius 2 is 2.15 bits per heavy atom. The molecule has 1 aliphatic carbocycles. The molecule has 1 fully saturated rings. The number of benzene rings is 1. The lowest BCUT2D eigenvalue weighted by Gasteiger charge is -2.19. The van der Waals surface area contributed by atoms with Crippen LogP contribution in [0.4, 0.5) is 0 Å². The van der Waals surface area contributed by atoms with Crippen molar-refractivity contribution in [3.63, 3.8) is 0 Å². The van der Waals surface area contributed by atoms with Crippen LogP contribution in [0.2, 0.25) is 0 Å². The zero-order chi connectivity index (χ0) is 18.4. The fraction of sp³-hybridized carbons (Fsp3) is 0.474. The summed E-state index contributed by atoms with van der Waals surface area (Å²) in [6.07, 6.45) is 3.19. The van der Waals surface area contributed by atoms with Crippen molar-refractivity contribution in [2.24, 2.45) is 7.05 Å². The number of carbonyl (C=O) groups is 1. The molecular formula is C19H23N7O. The maximum absolute atomic E-state index is 12.3. The Bertz CT molecular complexity index is 1000. The van der Waals surface area contributed by atoms with Crippen LogP contribution in [0.25, 0.3) is 11.0 Å². The molecule has 0 spiro atoms. The molecular weight excluding hydrogens is 342 g/mol. The summed E-state index contributed by atoms with van der Waals surface area (Å²) in [6.45, 7) is 3.50. The fourth-order valence-corrected chi connectivity index (χ4v) is 3.70. The number of nitrogens with one attached hydrogen (secondary N) is 1. The highest BCUT2D eigenvalue weighted by Gasteiger charge is 2.26. The summed E-state index contributed by atoms with van der Waals surface area (Å²) in [7, 11) is 1.90. The van der Waals surface area contributed by atoms with Crippen LogP contribution in [0.3, 0.4) is 0 Å². The van der Waals surface area contributed by atoms with Crippen molar-refractivity contribution >= 4 is 16.9 Å². The first-order chi connectivity index (χ1) is 13.2. The Kier molecular flexibility index (Phi) is 3.93. The van der Waals surface area contributed by atoms with Gasteiger partial charge in [0.05, 0.1) is 11.2 Å². The van der Waals surface area contributed by atoms with Crippen LogP contribution >= 0.6 is 0 Å². The van der Waals surface area contributed by atoms with Crippen LogP contribution in [0.5, 0.6) is 0 Å². The molecule has 1 saturated carbocycles. The minimum atomic E-state index is -0.0438. The summed E-state index contributed by atoms with van der Waals surface area (Å²) in [4.78, 5) is 14.7. The molecule has 5 rings (SSSR count). The van der Waals surface area contributed by atoms with Gasteiger partial charge in [-0.15, -0.1) is 5.10 Å². The zero-order valence-corrected chi connectivity index (χ0v) is 15.4. The van der Waals surface area contributed by atoms with E-state index in [-0.39, 0.29) is 5.91 Å². The van der Waals surface area contributed by atoms with Crippen molar-refractivity contribution in [1.29, 1.82) is 0 Å². The molecule has 0 bridgehead atoms. The highest BCUT2D eigenvalue weighted by molar-refractivity contribution is 5.92. The van der Waals surface area contributed by atoms with Crippen LogP contribution in [0, 0.1) is 0 Å². The Morgan fingerprint density at radius 1 is 1.26 bits per heavy atom. The molecule has 3 aromatic rings. The second kappa shape index (κ2) is 6.45. The lowest BCUT2D eigenvalue weighted by molar-refractivity contribution is 0.0945. The highest BCUT2D eigenvalue weighted by atomic mass is 16.2. The summed E-state index contributed by atoms with van der Waals surface area (Å²) >= 11 is 0. The molecule has 0 atom stereocenters. The minimum Gasteiger partial charge on any atom is -0.348 e. The normalized spacial score (nSPS) is 17.7. The van der Waals surface area contributed by atoms with Gasteiger partial charge in [0, 0.05) is 39.3 Å². The van der Waals surface area contributed by atoms with Crippen molar-refractivity contribution in [2.75, 3.05) is 6.54 Å². The number of hydrogen-bond donors (Lipinski definition) is 1. The average Bonchev–Trinajstić information content (AvgIpc) is 3.32. The summed E-state index contributed by atoms with van der Waals surface area (Å²) in [5.74, 6) is -0.0438. The molecule has 1 aliphatic heterocycles. The molecule has 1 aromatic carbocycles. The summed E-state index contributed by atoms with van der Waals surface area (Å²) < 4.78 is 3.78. The molecule has 2 aliphatic rings. The first-order valence-electron chi connectivity index (χ1n) is 9.54. The van der Waals surface area contributed by atoms with Gasteiger partial charge in [0.15, 0.2) is 0 Å². The molecule has 27 heavy (non-hydrogen) atoms. The van der Waals surface area contributed by atoms with E-state index in [9.17, 15) is 4.79 Å². The van der Waals surface area contributed by atoms with E-state index in [1.165, 1.54) is 5.56 Å². The maximum Gasteiger partial charge on any atom is 0.272 e. The Morgan fingerprint density at radius 3 is 3.00 bits per heavy atom. The molecule has 3 heterocycles. The third-order valence-electron chi connectivity index (χ3n) is 5.32. The van der Waals surface area contributed by atoms with E-state index < -0.39 is 0 Å². The SMILES string of the molecule is Cn1nnc2cc(CN3CCCn4nc(C(=O)NC5CC5)cc4C3)ccc21. The molecule has 140 valence electrons. The van der Waals surface area contributed by atoms with Gasteiger partial charge in [0.25, 0.3) is 5.91 Å². The number of aryl methyl sites for hydroxylation is 2. The topological polar surface area (TPSA) is 80.9 Å². The number of hydrogen-bond acceptors (Lipinski definition) is 5. The van der Waals surface area contributed by atoms with Gasteiger partial charge < -0.3 is 5.32 Å². The van der Waals surface area contributed by atoms with E-state index in [2.05, 4.69) is 43.8 Å². The van der Waals surface area contributed by atoms with Crippen LogP contribution in [-0.2, 0) is 26.7 Å². The Balaban J connectivity index is 1.32. The van der Waals surface area contributed by atoms with Gasteiger partial charge in [0.1, 0.15) is 11.2 Å². The standard InChI is InChI=1S/C19H23N7O/c1-24-18-6-3-13(9-16(18)21-23-24)11-25-7-2-8-26-15(12-25)10-17(22-26)19(27)20-14-4-5-14/h3,6,9-10,14H,2,4-5,7-8,11-12H2,1H3,(H,20,27). The van der Waals surface area contributed by atoms with E-state index in [0.29, 0.717) is 11.7 Å². The van der Waals surface area contributed by atoms with E-state index in [1.807, 2.05) is 17.8 Å².